The average molecular weight is 327 g/mol. The topological polar surface area (TPSA) is 93.3 Å². The Morgan fingerprint density at radius 2 is 1.95 bits per heavy atom. The molecule has 0 aliphatic heterocycles. The Morgan fingerprint density at radius 3 is 2.48 bits per heavy atom. The van der Waals surface area contributed by atoms with Crippen molar-refractivity contribution in [3.8, 4) is 11.1 Å². The number of carboxylic acid groups (broad SMARTS) is 1. The molecule has 0 aliphatic carbocycles. The minimum Gasteiger partial charge on any atom is -0.481 e. The van der Waals surface area contributed by atoms with Crippen LogP contribution in [-0.4, -0.2) is 21.0 Å². The van der Waals surface area contributed by atoms with Crippen molar-refractivity contribution in [2.24, 2.45) is 0 Å². The molecular weight excluding hydrogens is 319 g/mol. The number of rotatable bonds is 4. The first-order chi connectivity index (χ1) is 9.90. The number of pyridine rings is 1. The average Bonchev–Trinajstić information content (AvgIpc) is 2.39. The van der Waals surface area contributed by atoms with Gasteiger partial charge in [0.05, 0.1) is 11.3 Å². The van der Waals surface area contributed by atoms with Crippen LogP contribution in [-0.2, 0) is 11.2 Å². The van der Waals surface area contributed by atoms with E-state index < -0.39 is 17.3 Å². The molecule has 0 spiro atoms. The minimum absolute atomic E-state index is 0.126. The van der Waals surface area contributed by atoms with Crippen molar-refractivity contribution in [3.63, 3.8) is 0 Å². The standard InChI is InChI=1S/C13H8Cl2N2O4/c14-8-2-1-3-9(15)13(8)7-4-11(17(20)21)10(16-6-7)5-12(18)19/h1-4,6H,5H2,(H,18,19). The highest BCUT2D eigenvalue weighted by atomic mass is 35.5. The molecule has 8 heteroatoms. The summed E-state index contributed by atoms with van der Waals surface area (Å²) in [5.41, 5.74) is 0.259. The molecule has 0 bridgehead atoms. The van der Waals surface area contributed by atoms with Crippen molar-refractivity contribution in [2.75, 3.05) is 0 Å². The number of halogens is 2. The van der Waals surface area contributed by atoms with Gasteiger partial charge in [-0.15, -0.1) is 0 Å². The Bertz CT molecular complexity index is 714. The summed E-state index contributed by atoms with van der Waals surface area (Å²) in [6.07, 6.45) is 0.783. The van der Waals surface area contributed by atoms with E-state index in [2.05, 4.69) is 4.98 Å². The Hall–Kier alpha value is -2.18. The van der Waals surface area contributed by atoms with Gasteiger partial charge in [-0.2, -0.15) is 0 Å². The van der Waals surface area contributed by atoms with Gasteiger partial charge in [0.1, 0.15) is 5.69 Å². The monoisotopic (exact) mass is 326 g/mol. The summed E-state index contributed by atoms with van der Waals surface area (Å²) in [6, 6.07) is 6.06. The van der Waals surface area contributed by atoms with Crippen molar-refractivity contribution in [2.45, 2.75) is 6.42 Å². The van der Waals surface area contributed by atoms with Gasteiger partial charge in [-0.05, 0) is 12.1 Å². The molecular formula is C13H8Cl2N2O4. The molecule has 0 fully saturated rings. The summed E-state index contributed by atoms with van der Waals surface area (Å²) < 4.78 is 0. The normalized spacial score (nSPS) is 10.4. The SMILES string of the molecule is O=C(O)Cc1ncc(-c2c(Cl)cccc2Cl)cc1[N+](=O)[O-]. The molecule has 0 radical (unpaired) electrons. The lowest BCUT2D eigenvalue weighted by Gasteiger charge is -2.08. The van der Waals surface area contributed by atoms with Crippen LogP contribution in [0.2, 0.25) is 10.0 Å². The number of hydrogen-bond acceptors (Lipinski definition) is 4. The molecule has 2 rings (SSSR count). The van der Waals surface area contributed by atoms with Gasteiger partial charge < -0.3 is 5.11 Å². The zero-order chi connectivity index (χ0) is 15.6. The Morgan fingerprint density at radius 1 is 1.33 bits per heavy atom. The van der Waals surface area contributed by atoms with Crippen molar-refractivity contribution in [1.82, 2.24) is 4.98 Å². The van der Waals surface area contributed by atoms with E-state index in [1.165, 1.54) is 12.3 Å². The van der Waals surface area contributed by atoms with E-state index >= 15 is 0 Å². The molecule has 2 aromatic rings. The summed E-state index contributed by atoms with van der Waals surface area (Å²) in [4.78, 5) is 24.9. The zero-order valence-electron chi connectivity index (χ0n) is 10.4. The van der Waals surface area contributed by atoms with Crippen LogP contribution < -0.4 is 0 Å². The molecule has 21 heavy (non-hydrogen) atoms. The van der Waals surface area contributed by atoms with Gasteiger partial charge in [0.25, 0.3) is 5.69 Å². The van der Waals surface area contributed by atoms with E-state index in [0.29, 0.717) is 21.2 Å². The van der Waals surface area contributed by atoms with Crippen LogP contribution in [0.5, 0.6) is 0 Å². The first-order valence-corrected chi connectivity index (χ1v) is 6.45. The lowest BCUT2D eigenvalue weighted by molar-refractivity contribution is -0.385. The second-order valence-corrected chi connectivity index (χ2v) is 4.93. The van der Waals surface area contributed by atoms with Crippen LogP contribution in [0.25, 0.3) is 11.1 Å². The maximum atomic E-state index is 11.1. The van der Waals surface area contributed by atoms with E-state index in [0.717, 1.165) is 0 Å². The maximum absolute atomic E-state index is 11.1. The Balaban J connectivity index is 2.60. The van der Waals surface area contributed by atoms with Crippen LogP contribution in [0.4, 0.5) is 5.69 Å². The van der Waals surface area contributed by atoms with Gasteiger partial charge in [-0.25, -0.2) is 0 Å². The predicted octanol–water partition coefficient (Wildman–Crippen LogP) is 3.59. The predicted molar refractivity (Wildman–Crippen MR) is 77.7 cm³/mol. The van der Waals surface area contributed by atoms with Crippen LogP contribution in [0.3, 0.4) is 0 Å². The van der Waals surface area contributed by atoms with Crippen molar-refractivity contribution in [1.29, 1.82) is 0 Å². The fraction of sp³-hybridized carbons (Fsp3) is 0.0769. The fourth-order valence-corrected chi connectivity index (χ4v) is 2.44. The van der Waals surface area contributed by atoms with Crippen LogP contribution in [0.1, 0.15) is 5.69 Å². The summed E-state index contributed by atoms with van der Waals surface area (Å²) >= 11 is 12.1. The summed E-state index contributed by atoms with van der Waals surface area (Å²) in [5.74, 6) is -1.20. The number of carbonyl (C=O) groups is 1. The van der Waals surface area contributed by atoms with Gasteiger partial charge in [-0.1, -0.05) is 29.3 Å². The van der Waals surface area contributed by atoms with Gasteiger partial charge in [0.15, 0.2) is 0 Å². The van der Waals surface area contributed by atoms with Crippen LogP contribution in [0.15, 0.2) is 30.5 Å². The van der Waals surface area contributed by atoms with Crippen LogP contribution in [0, 0.1) is 10.1 Å². The summed E-state index contributed by atoms with van der Waals surface area (Å²) in [5, 5.41) is 20.5. The smallest absolute Gasteiger partial charge is 0.309 e. The third-order valence-electron chi connectivity index (χ3n) is 2.71. The molecule has 0 unspecified atom stereocenters. The molecule has 1 aromatic carbocycles. The third kappa shape index (κ3) is 3.29. The Kier molecular flexibility index (Phi) is 4.40. The fourth-order valence-electron chi connectivity index (χ4n) is 1.83. The first kappa shape index (κ1) is 15.2. The second-order valence-electron chi connectivity index (χ2n) is 4.11. The number of carboxylic acids is 1. The van der Waals surface area contributed by atoms with Crippen molar-refractivity contribution in [3.05, 3.63) is 56.3 Å². The van der Waals surface area contributed by atoms with Crippen molar-refractivity contribution >= 4 is 34.9 Å². The molecule has 1 N–H and O–H groups in total. The summed E-state index contributed by atoms with van der Waals surface area (Å²) in [6.45, 7) is 0. The summed E-state index contributed by atoms with van der Waals surface area (Å²) in [7, 11) is 0. The number of aromatic nitrogens is 1. The van der Waals surface area contributed by atoms with E-state index in [9.17, 15) is 14.9 Å². The lowest BCUT2D eigenvalue weighted by atomic mass is 10.1. The van der Waals surface area contributed by atoms with Crippen molar-refractivity contribution < 1.29 is 14.8 Å². The number of aliphatic carboxylic acids is 1. The van der Waals surface area contributed by atoms with Gasteiger partial charge >= 0.3 is 5.97 Å². The van der Waals surface area contributed by atoms with E-state index in [1.807, 2.05) is 0 Å². The van der Waals surface area contributed by atoms with Gasteiger partial charge in [0.2, 0.25) is 0 Å². The highest BCUT2D eigenvalue weighted by molar-refractivity contribution is 6.39. The van der Waals surface area contributed by atoms with E-state index in [-0.39, 0.29) is 11.4 Å². The highest BCUT2D eigenvalue weighted by Crippen LogP contribution is 2.36. The molecule has 0 saturated heterocycles. The molecule has 0 amide bonds. The first-order valence-electron chi connectivity index (χ1n) is 5.69. The van der Waals surface area contributed by atoms with Gasteiger partial charge in [0, 0.05) is 33.4 Å². The third-order valence-corrected chi connectivity index (χ3v) is 3.34. The highest BCUT2D eigenvalue weighted by Gasteiger charge is 2.20. The molecule has 0 saturated carbocycles. The molecule has 6 nitrogen and oxygen atoms in total. The minimum atomic E-state index is -1.20. The Labute approximate surface area is 129 Å². The largest absolute Gasteiger partial charge is 0.481 e. The lowest BCUT2D eigenvalue weighted by Crippen LogP contribution is -2.06. The number of hydrogen-bond donors (Lipinski definition) is 1. The molecule has 0 atom stereocenters. The van der Waals surface area contributed by atoms with Crippen LogP contribution >= 0.6 is 23.2 Å². The van der Waals surface area contributed by atoms with E-state index in [1.54, 1.807) is 18.2 Å². The quantitative estimate of drug-likeness (QED) is 0.684. The zero-order valence-corrected chi connectivity index (χ0v) is 11.9. The number of nitrogens with zero attached hydrogens (tertiary/aromatic N) is 2. The molecule has 108 valence electrons. The second kappa shape index (κ2) is 6.07. The maximum Gasteiger partial charge on any atom is 0.309 e. The number of benzene rings is 1. The molecule has 0 aliphatic rings. The molecule has 1 aromatic heterocycles. The van der Waals surface area contributed by atoms with Gasteiger partial charge in [-0.3, -0.25) is 19.9 Å². The molecule has 1 heterocycles. The number of nitro groups is 1. The van der Waals surface area contributed by atoms with E-state index in [4.69, 9.17) is 28.3 Å².